The summed E-state index contributed by atoms with van der Waals surface area (Å²) in [6.45, 7) is 1.41. The normalized spacial score (nSPS) is 11.3. The van der Waals surface area contributed by atoms with Gasteiger partial charge in [-0.3, -0.25) is 9.82 Å². The summed E-state index contributed by atoms with van der Waals surface area (Å²) in [5.74, 6) is -1.43. The Morgan fingerprint density at radius 3 is 2.70 bits per heavy atom. The third-order valence-corrected chi connectivity index (χ3v) is 4.07. The number of aromatic carboxylic acids is 1. The van der Waals surface area contributed by atoms with Crippen LogP contribution in [0.5, 0.6) is 0 Å². The predicted octanol–water partition coefficient (Wildman–Crippen LogP) is 1.27. The molecule has 0 unspecified atom stereocenters. The van der Waals surface area contributed by atoms with Gasteiger partial charge in [-0.2, -0.15) is 5.10 Å². The van der Waals surface area contributed by atoms with E-state index in [0.717, 1.165) is 0 Å². The molecule has 2 aromatic rings. The smallest absolute Gasteiger partial charge is 0.357 e. The SMILES string of the molecule is Cc1[nH]nc(C(=O)O)c1S(=O)(=O)Nc1ccc(Cl)cn1. The number of rotatable bonds is 4. The zero-order valence-corrected chi connectivity index (χ0v) is 11.7. The molecular formula is C10H9ClN4O4S. The van der Waals surface area contributed by atoms with Crippen LogP contribution in [0.1, 0.15) is 16.2 Å². The number of aryl methyl sites for hydroxylation is 1. The Balaban J connectivity index is 2.43. The first-order chi connectivity index (χ1) is 9.31. The molecule has 0 atom stereocenters. The van der Waals surface area contributed by atoms with E-state index < -0.39 is 26.6 Å². The monoisotopic (exact) mass is 316 g/mol. The highest BCUT2D eigenvalue weighted by molar-refractivity contribution is 7.92. The first kappa shape index (κ1) is 14.3. The number of halogens is 1. The zero-order chi connectivity index (χ0) is 14.9. The number of pyridine rings is 1. The van der Waals surface area contributed by atoms with E-state index in [4.69, 9.17) is 16.7 Å². The van der Waals surface area contributed by atoms with Crippen LogP contribution in [0, 0.1) is 6.92 Å². The summed E-state index contributed by atoms with van der Waals surface area (Å²) < 4.78 is 26.5. The van der Waals surface area contributed by atoms with Crippen molar-refractivity contribution < 1.29 is 18.3 Å². The van der Waals surface area contributed by atoms with Crippen molar-refractivity contribution in [3.63, 3.8) is 0 Å². The number of hydrogen-bond donors (Lipinski definition) is 3. The van der Waals surface area contributed by atoms with Crippen molar-refractivity contribution in [3.8, 4) is 0 Å². The van der Waals surface area contributed by atoms with Crippen LogP contribution in [-0.2, 0) is 10.0 Å². The average molecular weight is 317 g/mol. The minimum absolute atomic E-state index is 0.0198. The number of aromatic nitrogens is 3. The van der Waals surface area contributed by atoms with Crippen LogP contribution in [0.4, 0.5) is 5.82 Å². The lowest BCUT2D eigenvalue weighted by atomic mass is 10.4. The van der Waals surface area contributed by atoms with Crippen LogP contribution in [0.2, 0.25) is 5.02 Å². The highest BCUT2D eigenvalue weighted by Crippen LogP contribution is 2.21. The van der Waals surface area contributed by atoms with E-state index >= 15 is 0 Å². The Hall–Kier alpha value is -2.13. The molecular weight excluding hydrogens is 308 g/mol. The number of nitrogens with one attached hydrogen (secondary N) is 2. The minimum Gasteiger partial charge on any atom is -0.476 e. The van der Waals surface area contributed by atoms with Gasteiger partial charge in [0.25, 0.3) is 10.0 Å². The van der Waals surface area contributed by atoms with E-state index in [9.17, 15) is 13.2 Å². The van der Waals surface area contributed by atoms with Crippen molar-refractivity contribution in [3.05, 3.63) is 34.7 Å². The largest absolute Gasteiger partial charge is 0.476 e. The highest BCUT2D eigenvalue weighted by Gasteiger charge is 2.28. The fourth-order valence-electron chi connectivity index (χ4n) is 1.52. The van der Waals surface area contributed by atoms with Gasteiger partial charge in [-0.15, -0.1) is 0 Å². The van der Waals surface area contributed by atoms with E-state index in [-0.39, 0.29) is 11.5 Å². The van der Waals surface area contributed by atoms with Gasteiger partial charge in [0.2, 0.25) is 0 Å². The lowest BCUT2D eigenvalue weighted by Crippen LogP contribution is -2.17. The molecule has 2 heterocycles. The number of carboxylic acid groups (broad SMARTS) is 1. The maximum Gasteiger partial charge on any atom is 0.357 e. The van der Waals surface area contributed by atoms with Gasteiger partial charge in [-0.1, -0.05) is 11.6 Å². The summed E-state index contributed by atoms with van der Waals surface area (Å²) in [4.78, 5) is 14.3. The molecule has 2 aromatic heterocycles. The number of nitrogens with zero attached hydrogens (tertiary/aromatic N) is 2. The Morgan fingerprint density at radius 2 is 2.15 bits per heavy atom. The second kappa shape index (κ2) is 5.10. The van der Waals surface area contributed by atoms with Crippen LogP contribution in [-0.4, -0.2) is 34.7 Å². The summed E-state index contributed by atoms with van der Waals surface area (Å²) >= 11 is 5.64. The van der Waals surface area contributed by atoms with Crippen molar-refractivity contribution >= 4 is 33.4 Å². The zero-order valence-electron chi connectivity index (χ0n) is 10.1. The highest BCUT2D eigenvalue weighted by atomic mass is 35.5. The van der Waals surface area contributed by atoms with Crippen molar-refractivity contribution in [2.75, 3.05) is 4.72 Å². The quantitative estimate of drug-likeness (QED) is 0.780. The van der Waals surface area contributed by atoms with Gasteiger partial charge in [0, 0.05) is 6.20 Å². The van der Waals surface area contributed by atoms with Crippen LogP contribution < -0.4 is 4.72 Å². The number of sulfonamides is 1. The molecule has 0 radical (unpaired) electrons. The Kier molecular flexibility index (Phi) is 3.64. The summed E-state index contributed by atoms with van der Waals surface area (Å²) in [5.41, 5.74) is -0.465. The molecule has 106 valence electrons. The van der Waals surface area contributed by atoms with Gasteiger partial charge < -0.3 is 5.11 Å². The van der Waals surface area contributed by atoms with Gasteiger partial charge in [0.1, 0.15) is 10.7 Å². The molecule has 0 aliphatic rings. The molecule has 0 bridgehead atoms. The molecule has 0 saturated carbocycles. The van der Waals surface area contributed by atoms with Gasteiger partial charge in [0.15, 0.2) is 5.69 Å². The van der Waals surface area contributed by atoms with E-state index in [1.54, 1.807) is 0 Å². The number of carbonyl (C=O) groups is 1. The minimum atomic E-state index is -4.12. The fourth-order valence-corrected chi connectivity index (χ4v) is 2.96. The molecule has 10 heteroatoms. The number of H-pyrrole nitrogens is 1. The maximum absolute atomic E-state index is 12.2. The summed E-state index contributed by atoms with van der Waals surface area (Å²) in [7, 11) is -4.12. The number of hydrogen-bond acceptors (Lipinski definition) is 5. The molecule has 20 heavy (non-hydrogen) atoms. The molecule has 0 aromatic carbocycles. The first-order valence-corrected chi connectivity index (χ1v) is 7.10. The molecule has 0 saturated heterocycles. The van der Waals surface area contributed by atoms with Crippen LogP contribution in [0.3, 0.4) is 0 Å². The summed E-state index contributed by atoms with van der Waals surface area (Å²) in [6.07, 6.45) is 1.26. The van der Waals surface area contributed by atoms with E-state index in [2.05, 4.69) is 19.9 Å². The number of carboxylic acids is 1. The summed E-state index contributed by atoms with van der Waals surface area (Å²) in [5, 5.41) is 15.1. The lowest BCUT2D eigenvalue weighted by Gasteiger charge is -2.07. The molecule has 0 aliphatic carbocycles. The number of aromatic amines is 1. The third kappa shape index (κ3) is 2.73. The lowest BCUT2D eigenvalue weighted by molar-refractivity contribution is 0.0686. The molecule has 0 aliphatic heterocycles. The Bertz CT molecular complexity index is 754. The Morgan fingerprint density at radius 1 is 1.45 bits per heavy atom. The topological polar surface area (TPSA) is 125 Å². The van der Waals surface area contributed by atoms with Gasteiger partial charge in [-0.05, 0) is 19.1 Å². The van der Waals surface area contributed by atoms with Gasteiger partial charge >= 0.3 is 5.97 Å². The van der Waals surface area contributed by atoms with E-state index in [1.165, 1.54) is 25.3 Å². The first-order valence-electron chi connectivity index (χ1n) is 5.24. The summed E-state index contributed by atoms with van der Waals surface area (Å²) in [6, 6.07) is 2.81. The van der Waals surface area contributed by atoms with E-state index in [0.29, 0.717) is 5.02 Å². The van der Waals surface area contributed by atoms with Crippen LogP contribution in [0.25, 0.3) is 0 Å². The second-order valence-corrected chi connectivity index (χ2v) is 5.85. The van der Waals surface area contributed by atoms with Crippen molar-refractivity contribution in [2.24, 2.45) is 0 Å². The molecule has 0 fully saturated rings. The van der Waals surface area contributed by atoms with Gasteiger partial charge in [0.05, 0.1) is 10.7 Å². The van der Waals surface area contributed by atoms with Gasteiger partial charge in [-0.25, -0.2) is 18.2 Å². The van der Waals surface area contributed by atoms with Crippen LogP contribution >= 0.6 is 11.6 Å². The van der Waals surface area contributed by atoms with Crippen LogP contribution in [0.15, 0.2) is 23.2 Å². The van der Waals surface area contributed by atoms with Crippen molar-refractivity contribution in [1.82, 2.24) is 15.2 Å². The Labute approximate surface area is 118 Å². The predicted molar refractivity (Wildman–Crippen MR) is 70.3 cm³/mol. The molecule has 0 amide bonds. The third-order valence-electron chi connectivity index (χ3n) is 2.33. The second-order valence-electron chi connectivity index (χ2n) is 3.80. The van der Waals surface area contributed by atoms with Crippen molar-refractivity contribution in [2.45, 2.75) is 11.8 Å². The molecule has 2 rings (SSSR count). The average Bonchev–Trinajstić information content (AvgIpc) is 2.75. The van der Waals surface area contributed by atoms with Crippen molar-refractivity contribution in [1.29, 1.82) is 0 Å². The fraction of sp³-hybridized carbons (Fsp3) is 0.100. The number of anilines is 1. The standard InChI is InChI=1S/C10H9ClN4O4S/c1-5-9(8(10(16)17)14-13-5)20(18,19)15-7-3-2-6(11)4-12-7/h2-4H,1H3,(H,12,15)(H,13,14)(H,16,17). The molecule has 8 nitrogen and oxygen atoms in total. The van der Waals surface area contributed by atoms with E-state index in [1.807, 2.05) is 0 Å². The maximum atomic E-state index is 12.2. The molecule has 3 N–H and O–H groups in total. The molecule has 0 spiro atoms.